The van der Waals surface area contributed by atoms with Crippen molar-refractivity contribution >= 4 is 0 Å². The zero-order valence-electron chi connectivity index (χ0n) is 6.58. The van der Waals surface area contributed by atoms with Gasteiger partial charge in [0.2, 0.25) is 12.6 Å². The fourth-order valence-corrected chi connectivity index (χ4v) is 0.907. The lowest BCUT2D eigenvalue weighted by atomic mass is 10.3. The van der Waals surface area contributed by atoms with Crippen molar-refractivity contribution in [1.82, 2.24) is 0 Å². The van der Waals surface area contributed by atoms with Crippen LogP contribution in [-0.2, 0) is 14.2 Å². The van der Waals surface area contributed by atoms with E-state index in [1.165, 1.54) is 7.11 Å². The number of ether oxygens (including phenoxy) is 3. The number of methoxy groups -OCH3 is 1. The predicted molar refractivity (Wildman–Crippen MR) is 35.9 cm³/mol. The summed E-state index contributed by atoms with van der Waals surface area (Å²) in [6.07, 6.45) is -4.49. The van der Waals surface area contributed by atoms with Gasteiger partial charge in [0.05, 0.1) is 6.61 Å². The number of hydrogen-bond donors (Lipinski definition) is 3. The molecule has 0 aromatic rings. The summed E-state index contributed by atoms with van der Waals surface area (Å²) in [4.78, 5) is 0. The average molecular weight is 180 g/mol. The highest BCUT2D eigenvalue weighted by molar-refractivity contribution is 4.67. The SMILES string of the molecule is CO[C@H]1O[C@H](CO)C(O)OC1O. The molecule has 1 saturated heterocycles. The Morgan fingerprint density at radius 2 is 1.92 bits per heavy atom. The van der Waals surface area contributed by atoms with Crippen LogP contribution in [0.4, 0.5) is 0 Å². The maximum atomic E-state index is 9.04. The van der Waals surface area contributed by atoms with Gasteiger partial charge in [0.15, 0.2) is 6.29 Å². The van der Waals surface area contributed by atoms with Gasteiger partial charge in [-0.3, -0.25) is 0 Å². The van der Waals surface area contributed by atoms with Gasteiger partial charge in [0.25, 0.3) is 0 Å². The molecule has 4 atom stereocenters. The van der Waals surface area contributed by atoms with E-state index in [-0.39, 0.29) is 0 Å². The molecule has 0 saturated carbocycles. The van der Waals surface area contributed by atoms with Crippen LogP contribution in [0.15, 0.2) is 0 Å². The number of hydrogen-bond acceptors (Lipinski definition) is 6. The van der Waals surface area contributed by atoms with E-state index in [1.807, 2.05) is 0 Å². The van der Waals surface area contributed by atoms with Crippen LogP contribution in [0.1, 0.15) is 0 Å². The van der Waals surface area contributed by atoms with Crippen LogP contribution in [0.2, 0.25) is 0 Å². The maximum Gasteiger partial charge on any atom is 0.209 e. The van der Waals surface area contributed by atoms with E-state index in [0.717, 1.165) is 0 Å². The summed E-state index contributed by atoms with van der Waals surface area (Å²) >= 11 is 0. The van der Waals surface area contributed by atoms with Crippen LogP contribution in [-0.4, -0.2) is 54.0 Å². The highest BCUT2D eigenvalue weighted by Crippen LogP contribution is 2.17. The topological polar surface area (TPSA) is 88.4 Å². The quantitative estimate of drug-likeness (QED) is 0.455. The van der Waals surface area contributed by atoms with Crippen molar-refractivity contribution in [3.63, 3.8) is 0 Å². The third-order valence-electron chi connectivity index (χ3n) is 1.55. The molecule has 12 heavy (non-hydrogen) atoms. The van der Waals surface area contributed by atoms with Gasteiger partial charge < -0.3 is 29.5 Å². The van der Waals surface area contributed by atoms with Crippen LogP contribution in [0, 0.1) is 0 Å². The summed E-state index contributed by atoms with van der Waals surface area (Å²) in [5.41, 5.74) is 0. The Morgan fingerprint density at radius 3 is 2.42 bits per heavy atom. The van der Waals surface area contributed by atoms with Crippen LogP contribution in [0.3, 0.4) is 0 Å². The first-order valence-corrected chi connectivity index (χ1v) is 3.49. The molecular weight excluding hydrogens is 168 g/mol. The normalized spacial score (nSPS) is 43.0. The zero-order chi connectivity index (χ0) is 9.14. The van der Waals surface area contributed by atoms with E-state index in [9.17, 15) is 0 Å². The third-order valence-corrected chi connectivity index (χ3v) is 1.55. The van der Waals surface area contributed by atoms with Crippen molar-refractivity contribution in [2.75, 3.05) is 13.7 Å². The molecule has 2 unspecified atom stereocenters. The van der Waals surface area contributed by atoms with Gasteiger partial charge in [0.1, 0.15) is 6.10 Å². The zero-order valence-corrected chi connectivity index (χ0v) is 6.58. The van der Waals surface area contributed by atoms with Crippen LogP contribution in [0.5, 0.6) is 0 Å². The monoisotopic (exact) mass is 180 g/mol. The van der Waals surface area contributed by atoms with Gasteiger partial charge >= 0.3 is 0 Å². The van der Waals surface area contributed by atoms with Gasteiger partial charge in [-0.25, -0.2) is 0 Å². The molecule has 1 fully saturated rings. The molecule has 0 aromatic heterocycles. The van der Waals surface area contributed by atoms with E-state index in [2.05, 4.69) is 9.47 Å². The molecule has 0 aliphatic carbocycles. The molecule has 0 aromatic carbocycles. The second-order valence-electron chi connectivity index (χ2n) is 2.38. The van der Waals surface area contributed by atoms with E-state index >= 15 is 0 Å². The Labute approximate surface area is 69.3 Å². The van der Waals surface area contributed by atoms with E-state index in [1.54, 1.807) is 0 Å². The minimum absolute atomic E-state index is 0.395. The van der Waals surface area contributed by atoms with Crippen molar-refractivity contribution in [2.45, 2.75) is 25.0 Å². The number of rotatable bonds is 2. The molecule has 0 spiro atoms. The second-order valence-corrected chi connectivity index (χ2v) is 2.38. The largest absolute Gasteiger partial charge is 0.393 e. The maximum absolute atomic E-state index is 9.04. The lowest BCUT2D eigenvalue weighted by Gasteiger charge is -2.35. The lowest BCUT2D eigenvalue weighted by Crippen LogP contribution is -2.51. The van der Waals surface area contributed by atoms with Gasteiger partial charge in [-0.2, -0.15) is 0 Å². The smallest absolute Gasteiger partial charge is 0.209 e. The standard InChI is InChI=1S/C6H12O6/c1-10-6-5(9)12-4(8)3(2-7)11-6/h3-9H,2H2,1H3/t3-,4?,5?,6+/m1/s1. The van der Waals surface area contributed by atoms with Gasteiger partial charge in [-0.15, -0.1) is 0 Å². The highest BCUT2D eigenvalue weighted by atomic mass is 16.8. The first-order chi connectivity index (χ1) is 5.69. The fourth-order valence-electron chi connectivity index (χ4n) is 0.907. The van der Waals surface area contributed by atoms with Crippen molar-refractivity contribution in [2.24, 2.45) is 0 Å². The van der Waals surface area contributed by atoms with Gasteiger partial charge in [-0.1, -0.05) is 0 Å². The van der Waals surface area contributed by atoms with Crippen molar-refractivity contribution in [3.8, 4) is 0 Å². The molecule has 0 radical (unpaired) electrons. The molecule has 72 valence electrons. The molecule has 0 bridgehead atoms. The number of aliphatic hydroxyl groups is 3. The van der Waals surface area contributed by atoms with Crippen LogP contribution in [0.25, 0.3) is 0 Å². The third kappa shape index (κ3) is 1.92. The van der Waals surface area contributed by atoms with Crippen LogP contribution < -0.4 is 0 Å². The van der Waals surface area contributed by atoms with Crippen molar-refractivity contribution in [1.29, 1.82) is 0 Å². The first-order valence-electron chi connectivity index (χ1n) is 3.49. The van der Waals surface area contributed by atoms with E-state index < -0.39 is 31.6 Å². The van der Waals surface area contributed by atoms with Crippen molar-refractivity contribution < 1.29 is 29.5 Å². The molecule has 3 N–H and O–H groups in total. The molecule has 6 nitrogen and oxygen atoms in total. The summed E-state index contributed by atoms with van der Waals surface area (Å²) in [5, 5.41) is 26.7. The summed E-state index contributed by atoms with van der Waals surface area (Å²) in [6.45, 7) is -0.395. The Morgan fingerprint density at radius 1 is 1.25 bits per heavy atom. The molecule has 1 heterocycles. The minimum atomic E-state index is -1.33. The molecule has 6 heteroatoms. The molecule has 1 rings (SSSR count). The first kappa shape index (κ1) is 9.85. The number of aliphatic hydroxyl groups excluding tert-OH is 3. The summed E-state index contributed by atoms with van der Waals surface area (Å²) in [6, 6.07) is 0. The Bertz CT molecular complexity index is 126. The fraction of sp³-hybridized carbons (Fsp3) is 1.00. The molecule has 1 aliphatic heterocycles. The van der Waals surface area contributed by atoms with Gasteiger partial charge in [0, 0.05) is 7.11 Å². The summed E-state index contributed by atoms with van der Waals surface area (Å²) in [5.74, 6) is 0. The Hall–Kier alpha value is -0.240. The summed E-state index contributed by atoms with van der Waals surface area (Å²) < 4.78 is 14.2. The van der Waals surface area contributed by atoms with Crippen LogP contribution >= 0.6 is 0 Å². The molecule has 0 amide bonds. The van der Waals surface area contributed by atoms with Crippen molar-refractivity contribution in [3.05, 3.63) is 0 Å². The highest BCUT2D eigenvalue weighted by Gasteiger charge is 2.36. The minimum Gasteiger partial charge on any atom is -0.393 e. The second kappa shape index (κ2) is 4.13. The van der Waals surface area contributed by atoms with E-state index in [4.69, 9.17) is 20.1 Å². The predicted octanol–water partition coefficient (Wildman–Crippen LogP) is -2.00. The summed E-state index contributed by atoms with van der Waals surface area (Å²) in [7, 11) is 1.32. The average Bonchev–Trinajstić information content (AvgIpc) is 2.05. The van der Waals surface area contributed by atoms with E-state index in [0.29, 0.717) is 0 Å². The Balaban J connectivity index is 2.50. The molecule has 1 aliphatic rings. The lowest BCUT2D eigenvalue weighted by molar-refractivity contribution is -0.383. The van der Waals surface area contributed by atoms with Gasteiger partial charge in [-0.05, 0) is 0 Å². The Kier molecular flexibility index (Phi) is 3.39. The molecular formula is C6H12O6.